The standard InChI is InChI=1S/C6H14N2O3S.Na.H/c1-2-12(9,10)11-8-5-3-7-4-6-8;;/h7H,2-6H2,1H3;;. The Labute approximate surface area is 101 Å². The third-order valence-corrected chi connectivity index (χ3v) is 2.79. The molecule has 0 spiro atoms. The molecule has 0 bridgehead atoms. The Bertz CT molecular complexity index is 226. The van der Waals surface area contributed by atoms with Crippen LogP contribution < -0.4 is 5.32 Å². The van der Waals surface area contributed by atoms with Crippen LogP contribution in [-0.2, 0) is 14.4 Å². The number of nitrogens with one attached hydrogen (secondary N) is 1. The maximum absolute atomic E-state index is 11.0. The molecule has 1 heterocycles. The zero-order chi connectivity index (χ0) is 9.03. The van der Waals surface area contributed by atoms with Crippen molar-refractivity contribution in [3.63, 3.8) is 0 Å². The fourth-order valence-corrected chi connectivity index (χ4v) is 1.51. The molecule has 0 saturated carbocycles. The molecule has 1 N–H and O–H groups in total. The molecule has 1 aliphatic rings. The first-order valence-corrected chi connectivity index (χ1v) is 5.60. The predicted octanol–water partition coefficient (Wildman–Crippen LogP) is -1.48. The maximum atomic E-state index is 11.0. The van der Waals surface area contributed by atoms with Crippen molar-refractivity contribution in [1.82, 2.24) is 10.4 Å². The molecule has 0 aromatic carbocycles. The van der Waals surface area contributed by atoms with Crippen LogP contribution >= 0.6 is 0 Å². The first-order valence-electron chi connectivity index (χ1n) is 4.02. The van der Waals surface area contributed by atoms with Gasteiger partial charge in [0, 0.05) is 26.2 Å². The minimum absolute atomic E-state index is 0. The van der Waals surface area contributed by atoms with E-state index in [0.29, 0.717) is 13.1 Å². The summed E-state index contributed by atoms with van der Waals surface area (Å²) in [6.07, 6.45) is 0. The van der Waals surface area contributed by atoms with Gasteiger partial charge in [-0.15, -0.1) is 0 Å². The van der Waals surface area contributed by atoms with Crippen LogP contribution in [0.15, 0.2) is 0 Å². The van der Waals surface area contributed by atoms with Gasteiger partial charge in [-0.25, -0.2) is 0 Å². The van der Waals surface area contributed by atoms with Crippen molar-refractivity contribution in [3.05, 3.63) is 0 Å². The van der Waals surface area contributed by atoms with Gasteiger partial charge in [0.2, 0.25) is 0 Å². The van der Waals surface area contributed by atoms with Gasteiger partial charge in [-0.05, 0) is 6.92 Å². The molecule has 1 fully saturated rings. The zero-order valence-electron chi connectivity index (χ0n) is 7.12. The summed E-state index contributed by atoms with van der Waals surface area (Å²) >= 11 is 0. The van der Waals surface area contributed by atoms with E-state index in [0.717, 1.165) is 13.1 Å². The molecule has 1 rings (SSSR count). The second-order valence-electron chi connectivity index (χ2n) is 2.60. The van der Waals surface area contributed by atoms with E-state index in [1.54, 1.807) is 6.92 Å². The molecule has 1 saturated heterocycles. The van der Waals surface area contributed by atoms with E-state index in [1.165, 1.54) is 5.06 Å². The van der Waals surface area contributed by atoms with Gasteiger partial charge in [0.05, 0.1) is 5.75 Å². The SMILES string of the molecule is CCS(=O)(=O)ON1CCNCC1.[NaH]. The van der Waals surface area contributed by atoms with E-state index in [9.17, 15) is 8.42 Å². The first kappa shape index (κ1) is 13.8. The third kappa shape index (κ3) is 5.31. The van der Waals surface area contributed by atoms with Gasteiger partial charge in [-0.1, -0.05) is 0 Å². The molecular weight excluding hydrogens is 203 g/mol. The van der Waals surface area contributed by atoms with Crippen molar-refractivity contribution in [3.8, 4) is 0 Å². The fraction of sp³-hybridized carbons (Fsp3) is 1.00. The molecule has 7 heteroatoms. The quantitative estimate of drug-likeness (QED) is 0.586. The summed E-state index contributed by atoms with van der Waals surface area (Å²) < 4.78 is 26.8. The number of nitrogens with zero attached hydrogens (tertiary/aromatic N) is 1. The van der Waals surface area contributed by atoms with E-state index in [-0.39, 0.29) is 35.3 Å². The molecule has 13 heavy (non-hydrogen) atoms. The molecular formula is C6H15N2NaO3S. The Kier molecular flexibility index (Phi) is 6.74. The van der Waals surface area contributed by atoms with Gasteiger partial charge in [-0.3, -0.25) is 0 Å². The van der Waals surface area contributed by atoms with Crippen LogP contribution in [0.1, 0.15) is 6.92 Å². The normalized spacial score (nSPS) is 19.5. The number of rotatable bonds is 3. The number of hydroxylamine groups is 2. The van der Waals surface area contributed by atoms with Gasteiger partial charge in [0.15, 0.2) is 0 Å². The Morgan fingerprint density at radius 3 is 2.38 bits per heavy atom. The molecule has 0 unspecified atom stereocenters. The summed E-state index contributed by atoms with van der Waals surface area (Å²) in [5.41, 5.74) is 0. The summed E-state index contributed by atoms with van der Waals surface area (Å²) in [5, 5.41) is 4.58. The molecule has 0 aliphatic carbocycles. The van der Waals surface area contributed by atoms with Gasteiger partial charge in [0.1, 0.15) is 0 Å². The number of piperazine rings is 1. The fourth-order valence-electron chi connectivity index (χ4n) is 0.932. The third-order valence-electron chi connectivity index (χ3n) is 1.65. The van der Waals surface area contributed by atoms with Crippen LogP contribution in [0, 0.1) is 0 Å². The molecule has 0 amide bonds. The molecule has 1 aliphatic heterocycles. The molecule has 5 nitrogen and oxygen atoms in total. The Hall–Kier alpha value is 0.830. The van der Waals surface area contributed by atoms with Crippen molar-refractivity contribution in [2.45, 2.75) is 6.92 Å². The molecule has 0 atom stereocenters. The van der Waals surface area contributed by atoms with Crippen LogP contribution in [0.2, 0.25) is 0 Å². The summed E-state index contributed by atoms with van der Waals surface area (Å²) in [7, 11) is -3.32. The van der Waals surface area contributed by atoms with Crippen molar-refractivity contribution in [1.29, 1.82) is 0 Å². The van der Waals surface area contributed by atoms with Crippen LogP contribution in [0.5, 0.6) is 0 Å². The summed E-state index contributed by atoms with van der Waals surface area (Å²) in [6.45, 7) is 4.37. The second kappa shape index (κ2) is 6.34. The summed E-state index contributed by atoms with van der Waals surface area (Å²) in [6, 6.07) is 0. The zero-order valence-corrected chi connectivity index (χ0v) is 7.93. The van der Waals surface area contributed by atoms with Crippen LogP contribution in [0.3, 0.4) is 0 Å². The van der Waals surface area contributed by atoms with Gasteiger partial charge in [-0.2, -0.15) is 17.8 Å². The predicted molar refractivity (Wildman–Crippen MR) is 52.1 cm³/mol. The Balaban J connectivity index is 0.00000144. The van der Waals surface area contributed by atoms with E-state index in [2.05, 4.69) is 5.32 Å². The van der Waals surface area contributed by atoms with Gasteiger partial charge < -0.3 is 5.32 Å². The van der Waals surface area contributed by atoms with Crippen molar-refractivity contribution >= 4 is 39.7 Å². The monoisotopic (exact) mass is 218 g/mol. The average Bonchev–Trinajstić information content (AvgIpc) is 2.06. The summed E-state index contributed by atoms with van der Waals surface area (Å²) in [4.78, 5) is 0. The Morgan fingerprint density at radius 2 is 1.92 bits per heavy atom. The summed E-state index contributed by atoms with van der Waals surface area (Å²) in [5.74, 6) is 0.0247. The van der Waals surface area contributed by atoms with Gasteiger partial charge in [0.25, 0.3) is 10.1 Å². The van der Waals surface area contributed by atoms with E-state index in [1.807, 2.05) is 0 Å². The van der Waals surface area contributed by atoms with Crippen molar-refractivity contribution in [2.24, 2.45) is 0 Å². The van der Waals surface area contributed by atoms with Crippen LogP contribution in [-0.4, -0.2) is 75.0 Å². The minimum atomic E-state index is -3.32. The molecule has 0 aromatic heterocycles. The topological polar surface area (TPSA) is 58.6 Å². The van der Waals surface area contributed by atoms with E-state index < -0.39 is 10.1 Å². The van der Waals surface area contributed by atoms with Crippen molar-refractivity contribution < 1.29 is 12.7 Å². The number of hydrogen-bond donors (Lipinski definition) is 1. The van der Waals surface area contributed by atoms with Crippen LogP contribution in [0.4, 0.5) is 0 Å². The first-order chi connectivity index (χ1) is 5.64. The second-order valence-corrected chi connectivity index (χ2v) is 4.44. The van der Waals surface area contributed by atoms with E-state index in [4.69, 9.17) is 4.28 Å². The number of hydrogen-bond acceptors (Lipinski definition) is 5. The van der Waals surface area contributed by atoms with Crippen LogP contribution in [0.25, 0.3) is 0 Å². The molecule has 74 valence electrons. The average molecular weight is 218 g/mol. The Morgan fingerprint density at radius 1 is 1.38 bits per heavy atom. The van der Waals surface area contributed by atoms with Gasteiger partial charge >= 0.3 is 29.6 Å². The van der Waals surface area contributed by atoms with E-state index >= 15 is 0 Å². The van der Waals surface area contributed by atoms with Crippen molar-refractivity contribution in [2.75, 3.05) is 31.9 Å². The molecule has 0 radical (unpaired) electrons. The molecule has 0 aromatic rings.